The van der Waals surface area contributed by atoms with E-state index in [0.29, 0.717) is 17.0 Å². The SMILES string of the molecule is CCOC(=O)[C@H](CC)NP(=O)(N[C@H](CC)C(=O)OCC)OC[C@H]1O[C@@H](n2cnc3c(OC)nc(C)nc32)[C@@](C)(O)C1O. The minimum absolute atomic E-state index is 0.105. The molecule has 236 valence electrons. The Balaban J connectivity index is 1.88. The molecule has 1 aliphatic heterocycles. The lowest BCUT2D eigenvalue weighted by atomic mass is 9.96. The Morgan fingerprint density at radius 3 is 2.19 bits per heavy atom. The molecule has 42 heavy (non-hydrogen) atoms. The number of methoxy groups -OCH3 is 1. The van der Waals surface area contributed by atoms with E-state index < -0.39 is 62.3 Å². The molecule has 0 aliphatic carbocycles. The number of ether oxygens (including phenoxy) is 4. The van der Waals surface area contributed by atoms with Gasteiger partial charge in [-0.1, -0.05) is 13.8 Å². The van der Waals surface area contributed by atoms with Gasteiger partial charge in [-0.2, -0.15) is 4.98 Å². The predicted molar refractivity (Wildman–Crippen MR) is 148 cm³/mol. The van der Waals surface area contributed by atoms with Gasteiger partial charge in [-0.05, 0) is 40.5 Å². The van der Waals surface area contributed by atoms with Crippen LogP contribution < -0.4 is 14.9 Å². The van der Waals surface area contributed by atoms with Crippen molar-refractivity contribution < 1.29 is 47.8 Å². The van der Waals surface area contributed by atoms with E-state index in [4.69, 9.17) is 23.5 Å². The lowest BCUT2D eigenvalue weighted by molar-refractivity contribution is -0.145. The van der Waals surface area contributed by atoms with Crippen LogP contribution in [0.15, 0.2) is 6.33 Å². The number of aryl methyl sites for hydroxylation is 1. The monoisotopic (exact) mass is 616 g/mol. The molecule has 0 saturated carbocycles. The predicted octanol–water partition coefficient (Wildman–Crippen LogP) is 1.14. The number of nitrogens with zero attached hydrogens (tertiary/aromatic N) is 4. The minimum atomic E-state index is -4.21. The highest BCUT2D eigenvalue weighted by Crippen LogP contribution is 2.44. The van der Waals surface area contributed by atoms with Crippen molar-refractivity contribution in [1.29, 1.82) is 0 Å². The summed E-state index contributed by atoms with van der Waals surface area (Å²) in [5.41, 5.74) is -1.25. The number of hydrogen-bond donors (Lipinski definition) is 4. The summed E-state index contributed by atoms with van der Waals surface area (Å²) in [6.07, 6.45) is -2.13. The molecule has 1 saturated heterocycles. The Hall–Kier alpha value is -2.72. The molecule has 3 rings (SSSR count). The van der Waals surface area contributed by atoms with E-state index in [9.17, 15) is 24.4 Å². The molecule has 17 heteroatoms. The molecule has 4 N–H and O–H groups in total. The summed E-state index contributed by atoms with van der Waals surface area (Å²) in [6, 6.07) is -2.08. The van der Waals surface area contributed by atoms with Gasteiger partial charge >= 0.3 is 19.6 Å². The number of carbonyl (C=O) groups excluding carboxylic acids is 2. The lowest BCUT2D eigenvalue weighted by Gasteiger charge is -2.29. The summed E-state index contributed by atoms with van der Waals surface area (Å²) in [4.78, 5) is 37.8. The van der Waals surface area contributed by atoms with E-state index in [0.717, 1.165) is 0 Å². The van der Waals surface area contributed by atoms with Crippen LogP contribution in [-0.2, 0) is 32.9 Å². The van der Waals surface area contributed by atoms with Gasteiger partial charge in [-0.25, -0.2) is 20.1 Å². The number of hydrogen-bond acceptors (Lipinski definition) is 13. The molecule has 1 aliphatic rings. The van der Waals surface area contributed by atoms with E-state index in [1.54, 1.807) is 34.6 Å². The first-order valence-electron chi connectivity index (χ1n) is 13.8. The Kier molecular flexibility index (Phi) is 11.4. The molecule has 0 amide bonds. The molecule has 2 aromatic rings. The van der Waals surface area contributed by atoms with Crippen molar-refractivity contribution in [3.8, 4) is 5.88 Å². The fourth-order valence-electron chi connectivity index (χ4n) is 4.49. The number of aromatic nitrogens is 4. The van der Waals surface area contributed by atoms with Gasteiger partial charge in [0.15, 0.2) is 17.4 Å². The lowest BCUT2D eigenvalue weighted by Crippen LogP contribution is -2.46. The van der Waals surface area contributed by atoms with Crippen molar-refractivity contribution in [2.75, 3.05) is 26.9 Å². The topological polar surface area (TPSA) is 205 Å². The second kappa shape index (κ2) is 14.2. The third-order valence-corrected chi connectivity index (χ3v) is 8.55. The van der Waals surface area contributed by atoms with Crippen molar-refractivity contribution >= 4 is 30.8 Å². The van der Waals surface area contributed by atoms with Gasteiger partial charge < -0.3 is 33.7 Å². The molecular formula is C25H41N6O10P. The van der Waals surface area contributed by atoms with Crippen molar-refractivity contribution in [2.24, 2.45) is 0 Å². The zero-order valence-corrected chi connectivity index (χ0v) is 25.8. The van der Waals surface area contributed by atoms with Crippen LogP contribution in [0.25, 0.3) is 11.2 Å². The number of rotatable bonds is 15. The van der Waals surface area contributed by atoms with E-state index in [2.05, 4.69) is 25.1 Å². The molecule has 7 atom stereocenters. The van der Waals surface area contributed by atoms with Crippen molar-refractivity contribution in [1.82, 2.24) is 29.7 Å². The summed E-state index contributed by atoms with van der Waals surface area (Å²) in [5, 5.41) is 27.7. The molecule has 0 aromatic carbocycles. The zero-order chi connectivity index (χ0) is 31.2. The van der Waals surface area contributed by atoms with Crippen LogP contribution in [-0.4, -0.2) is 98.5 Å². The second-order valence-corrected chi connectivity index (χ2v) is 11.7. The Morgan fingerprint density at radius 1 is 1.12 bits per heavy atom. The fraction of sp³-hybridized carbons (Fsp3) is 0.720. The first-order valence-corrected chi connectivity index (χ1v) is 15.4. The summed E-state index contributed by atoms with van der Waals surface area (Å²) < 4.78 is 42.7. The quantitative estimate of drug-likeness (QED) is 0.164. The first kappa shape index (κ1) is 33.8. The molecule has 2 aromatic heterocycles. The van der Waals surface area contributed by atoms with Gasteiger partial charge in [0.25, 0.3) is 0 Å². The number of carbonyl (C=O) groups is 2. The van der Waals surface area contributed by atoms with Crippen LogP contribution in [0.2, 0.25) is 0 Å². The van der Waals surface area contributed by atoms with E-state index in [1.807, 2.05) is 0 Å². The maximum Gasteiger partial charge on any atom is 0.342 e. The Morgan fingerprint density at radius 2 is 1.69 bits per heavy atom. The normalized spacial score (nSPS) is 25.1. The number of imidazole rings is 1. The largest absolute Gasteiger partial charge is 0.479 e. The minimum Gasteiger partial charge on any atom is -0.479 e. The summed E-state index contributed by atoms with van der Waals surface area (Å²) >= 11 is 0. The van der Waals surface area contributed by atoms with Gasteiger partial charge in [0.2, 0.25) is 5.88 Å². The molecule has 1 fully saturated rings. The highest BCUT2D eigenvalue weighted by atomic mass is 31.2. The van der Waals surface area contributed by atoms with Gasteiger partial charge in [0.05, 0.1) is 33.3 Å². The third-order valence-electron chi connectivity index (χ3n) is 6.73. The zero-order valence-electron chi connectivity index (χ0n) is 24.9. The summed E-state index contributed by atoms with van der Waals surface area (Å²) in [7, 11) is -2.77. The van der Waals surface area contributed by atoms with Crippen molar-refractivity contribution in [3.63, 3.8) is 0 Å². The first-order chi connectivity index (χ1) is 19.8. The average molecular weight is 617 g/mol. The summed E-state index contributed by atoms with van der Waals surface area (Å²) in [5.74, 6) is -0.702. The molecular weight excluding hydrogens is 575 g/mol. The van der Waals surface area contributed by atoms with Gasteiger partial charge in [0.1, 0.15) is 35.7 Å². The number of esters is 2. The van der Waals surface area contributed by atoms with Gasteiger partial charge in [-0.3, -0.25) is 18.7 Å². The van der Waals surface area contributed by atoms with E-state index >= 15 is 0 Å². The number of aliphatic hydroxyl groups is 2. The molecule has 0 radical (unpaired) electrons. The molecule has 3 heterocycles. The van der Waals surface area contributed by atoms with Crippen LogP contribution in [0.4, 0.5) is 0 Å². The molecule has 16 nitrogen and oxygen atoms in total. The number of nitrogens with one attached hydrogen (secondary N) is 2. The Bertz CT molecular complexity index is 1260. The maximum atomic E-state index is 14.1. The van der Waals surface area contributed by atoms with Crippen LogP contribution in [0, 0.1) is 6.92 Å². The van der Waals surface area contributed by atoms with Crippen LogP contribution in [0.1, 0.15) is 59.5 Å². The van der Waals surface area contributed by atoms with Crippen LogP contribution >= 0.6 is 7.67 Å². The van der Waals surface area contributed by atoms with E-state index in [1.165, 1.54) is 24.9 Å². The second-order valence-electron chi connectivity index (χ2n) is 9.83. The molecule has 0 spiro atoms. The van der Waals surface area contributed by atoms with E-state index in [-0.39, 0.29) is 31.9 Å². The van der Waals surface area contributed by atoms with Crippen molar-refractivity contribution in [3.05, 3.63) is 12.2 Å². The molecule has 0 bridgehead atoms. The van der Waals surface area contributed by atoms with Gasteiger partial charge in [-0.15, -0.1) is 0 Å². The Labute approximate surface area is 244 Å². The maximum absolute atomic E-state index is 14.1. The fourth-order valence-corrected chi connectivity index (χ4v) is 6.47. The third kappa shape index (κ3) is 7.25. The highest BCUT2D eigenvalue weighted by Gasteiger charge is 2.54. The van der Waals surface area contributed by atoms with Crippen molar-refractivity contribution in [2.45, 2.75) is 90.5 Å². The summed E-state index contributed by atoms with van der Waals surface area (Å²) in [6.45, 7) is 9.38. The highest BCUT2D eigenvalue weighted by molar-refractivity contribution is 7.54. The number of fused-ring (bicyclic) bond motifs is 1. The standard InChI is InChI=1S/C25H41N6O10P/c1-8-15(22(33)38-10-3)29-42(36,30-16(9-2)23(34)39-11-4)40-12-17-19(32)25(6,35)24(41-17)31-13-26-18-20(31)27-14(5)28-21(18)37-7/h13,15-17,19,24,32,35H,8-12H2,1-7H3,(H2,29,30,36)/t15-,16+,17-,19?,24-,25+,42?/m1/s1. The van der Waals surface area contributed by atoms with Crippen LogP contribution in [0.3, 0.4) is 0 Å². The van der Waals surface area contributed by atoms with Crippen LogP contribution in [0.5, 0.6) is 5.88 Å². The number of aliphatic hydroxyl groups excluding tert-OH is 1. The smallest absolute Gasteiger partial charge is 0.342 e. The van der Waals surface area contributed by atoms with Gasteiger partial charge in [0, 0.05) is 0 Å². The average Bonchev–Trinajstić information content (AvgIpc) is 3.46. The molecule has 2 unspecified atom stereocenters.